The zero-order valence-electron chi connectivity index (χ0n) is 12.2. The molecule has 1 aromatic carbocycles. The lowest BCUT2D eigenvalue weighted by Crippen LogP contribution is -2.29. The van der Waals surface area contributed by atoms with Gasteiger partial charge in [-0.3, -0.25) is 9.59 Å². The number of pyridine rings is 1. The molecule has 2 rings (SSSR count). The highest BCUT2D eigenvalue weighted by molar-refractivity contribution is 6.02. The lowest BCUT2D eigenvalue weighted by Gasteiger charge is -2.11. The van der Waals surface area contributed by atoms with Crippen LogP contribution in [0.3, 0.4) is 0 Å². The first-order valence-corrected chi connectivity index (χ1v) is 6.43. The number of aromatic hydroxyl groups is 1. The molecule has 0 fully saturated rings. The van der Waals surface area contributed by atoms with E-state index < -0.39 is 17.2 Å². The number of hydrogen-bond acceptors (Lipinski definition) is 5. The quantitative estimate of drug-likeness (QED) is 0.720. The van der Waals surface area contributed by atoms with Crippen molar-refractivity contribution in [2.45, 2.75) is 0 Å². The van der Waals surface area contributed by atoms with E-state index in [9.17, 15) is 14.7 Å². The summed E-state index contributed by atoms with van der Waals surface area (Å²) in [6, 6.07) is 3.00. The van der Waals surface area contributed by atoms with Gasteiger partial charge in [0.25, 0.3) is 11.5 Å². The van der Waals surface area contributed by atoms with Gasteiger partial charge in [-0.25, -0.2) is 0 Å². The van der Waals surface area contributed by atoms with E-state index in [1.165, 1.54) is 32.4 Å². The number of carbonyl (C=O) groups is 1. The number of H-pyrrole nitrogens is 1. The number of carbonyl (C=O) groups excluding carboxylic acids is 1. The molecule has 0 atom stereocenters. The van der Waals surface area contributed by atoms with Crippen molar-refractivity contribution >= 4 is 16.8 Å². The number of hydrogen-bond donors (Lipinski definition) is 3. The monoisotopic (exact) mass is 304 g/mol. The average Bonchev–Trinajstić information content (AvgIpc) is 2.51. The van der Waals surface area contributed by atoms with E-state index in [0.29, 0.717) is 17.0 Å². The van der Waals surface area contributed by atoms with E-state index in [2.05, 4.69) is 16.9 Å². The molecule has 116 valence electrons. The van der Waals surface area contributed by atoms with Crippen LogP contribution in [0.1, 0.15) is 10.4 Å². The molecule has 1 aromatic heterocycles. The Morgan fingerprint density at radius 1 is 1.36 bits per heavy atom. The predicted octanol–water partition coefficient (Wildman–Crippen LogP) is 1.17. The Kier molecular flexibility index (Phi) is 4.36. The largest absolute Gasteiger partial charge is 0.506 e. The first-order valence-electron chi connectivity index (χ1n) is 6.43. The summed E-state index contributed by atoms with van der Waals surface area (Å²) < 4.78 is 10.3. The number of amides is 1. The fourth-order valence-corrected chi connectivity index (χ4v) is 2.07. The van der Waals surface area contributed by atoms with Crippen molar-refractivity contribution in [2.24, 2.45) is 0 Å². The zero-order valence-corrected chi connectivity index (χ0v) is 12.2. The second-order valence-corrected chi connectivity index (χ2v) is 4.43. The van der Waals surface area contributed by atoms with Gasteiger partial charge in [-0.2, -0.15) is 0 Å². The molecule has 0 saturated heterocycles. The summed E-state index contributed by atoms with van der Waals surface area (Å²) in [6.45, 7) is 3.65. The van der Waals surface area contributed by atoms with Crippen LogP contribution in [0.15, 0.2) is 29.6 Å². The van der Waals surface area contributed by atoms with Crippen molar-refractivity contribution in [1.82, 2.24) is 10.3 Å². The van der Waals surface area contributed by atoms with Crippen molar-refractivity contribution in [3.8, 4) is 17.2 Å². The Bertz CT molecular complexity index is 795. The van der Waals surface area contributed by atoms with Crippen LogP contribution < -0.4 is 20.3 Å². The third-order valence-corrected chi connectivity index (χ3v) is 3.12. The zero-order chi connectivity index (χ0) is 16.3. The van der Waals surface area contributed by atoms with E-state index in [4.69, 9.17) is 9.47 Å². The summed E-state index contributed by atoms with van der Waals surface area (Å²) in [7, 11) is 2.91. The number of fused-ring (bicyclic) bond motifs is 1. The van der Waals surface area contributed by atoms with Crippen LogP contribution in [-0.4, -0.2) is 36.8 Å². The summed E-state index contributed by atoms with van der Waals surface area (Å²) in [6.07, 6.45) is 1.47. The first-order chi connectivity index (χ1) is 10.5. The molecule has 1 heterocycles. The average molecular weight is 304 g/mol. The highest BCUT2D eigenvalue weighted by Crippen LogP contribution is 2.35. The second kappa shape index (κ2) is 6.21. The van der Waals surface area contributed by atoms with Crippen LogP contribution in [0.4, 0.5) is 0 Å². The number of aromatic nitrogens is 1. The maximum atomic E-state index is 12.0. The molecule has 1 amide bonds. The molecule has 0 aliphatic carbocycles. The van der Waals surface area contributed by atoms with Gasteiger partial charge in [-0.05, 0) is 6.07 Å². The molecular formula is C15H16N2O5. The maximum absolute atomic E-state index is 12.0. The standard InChI is InChI=1S/C15H16N2O5/c1-4-5-16-14(19)12-13(18)8-6-10(21-2)11(22-3)7-9(8)17-15(12)20/h4,6-7H,1,5H2,2-3H3,(H,16,19)(H2,17,18,20). The molecule has 0 bridgehead atoms. The molecular weight excluding hydrogens is 288 g/mol. The summed E-state index contributed by atoms with van der Waals surface area (Å²) in [5, 5.41) is 13.0. The number of ether oxygens (including phenoxy) is 2. The number of benzene rings is 1. The van der Waals surface area contributed by atoms with Gasteiger partial charge in [0, 0.05) is 18.0 Å². The lowest BCUT2D eigenvalue weighted by atomic mass is 10.1. The molecule has 0 radical (unpaired) electrons. The van der Waals surface area contributed by atoms with E-state index >= 15 is 0 Å². The Labute approximate surface area is 126 Å². The molecule has 3 N–H and O–H groups in total. The van der Waals surface area contributed by atoms with Crippen LogP contribution in [0.2, 0.25) is 0 Å². The van der Waals surface area contributed by atoms with Crippen molar-refractivity contribution in [3.63, 3.8) is 0 Å². The van der Waals surface area contributed by atoms with E-state index in [-0.39, 0.29) is 17.5 Å². The number of rotatable bonds is 5. The number of aromatic amines is 1. The fraction of sp³-hybridized carbons (Fsp3) is 0.200. The second-order valence-electron chi connectivity index (χ2n) is 4.43. The van der Waals surface area contributed by atoms with Gasteiger partial charge in [0.2, 0.25) is 0 Å². The third-order valence-electron chi connectivity index (χ3n) is 3.12. The fourth-order valence-electron chi connectivity index (χ4n) is 2.07. The molecule has 2 aromatic rings. The smallest absolute Gasteiger partial charge is 0.265 e. The van der Waals surface area contributed by atoms with Gasteiger partial charge in [0.05, 0.1) is 19.7 Å². The first kappa shape index (κ1) is 15.4. The van der Waals surface area contributed by atoms with Gasteiger partial charge in [-0.15, -0.1) is 6.58 Å². The van der Waals surface area contributed by atoms with Gasteiger partial charge < -0.3 is 24.9 Å². The number of nitrogens with one attached hydrogen (secondary N) is 2. The summed E-state index contributed by atoms with van der Waals surface area (Å²) in [5.74, 6) is -0.333. The minimum atomic E-state index is -0.696. The van der Waals surface area contributed by atoms with Gasteiger partial charge in [0.15, 0.2) is 11.5 Å². The van der Waals surface area contributed by atoms with Crippen LogP contribution >= 0.6 is 0 Å². The van der Waals surface area contributed by atoms with Crippen LogP contribution in [0, 0.1) is 0 Å². The minimum Gasteiger partial charge on any atom is -0.506 e. The Morgan fingerprint density at radius 3 is 2.59 bits per heavy atom. The predicted molar refractivity (Wildman–Crippen MR) is 81.9 cm³/mol. The van der Waals surface area contributed by atoms with Crippen LogP contribution in [-0.2, 0) is 0 Å². The molecule has 7 heteroatoms. The SMILES string of the molecule is C=CCNC(=O)c1c(O)c2cc(OC)c(OC)cc2[nH]c1=O. The normalized spacial score (nSPS) is 10.3. The molecule has 0 aliphatic rings. The van der Waals surface area contributed by atoms with Crippen LogP contribution in [0.25, 0.3) is 10.9 Å². The van der Waals surface area contributed by atoms with Crippen molar-refractivity contribution in [3.05, 3.63) is 40.7 Å². The number of methoxy groups -OCH3 is 2. The Hall–Kier alpha value is -2.96. The molecule has 0 spiro atoms. The molecule has 0 unspecified atom stereocenters. The lowest BCUT2D eigenvalue weighted by molar-refractivity contribution is 0.0954. The van der Waals surface area contributed by atoms with Crippen molar-refractivity contribution in [2.75, 3.05) is 20.8 Å². The maximum Gasteiger partial charge on any atom is 0.265 e. The summed E-state index contributed by atoms with van der Waals surface area (Å²) in [5.41, 5.74) is -0.722. The molecule has 0 saturated carbocycles. The van der Waals surface area contributed by atoms with Gasteiger partial charge >= 0.3 is 0 Å². The topological polar surface area (TPSA) is 101 Å². The van der Waals surface area contributed by atoms with E-state index in [1.54, 1.807) is 0 Å². The molecule has 7 nitrogen and oxygen atoms in total. The van der Waals surface area contributed by atoms with Gasteiger partial charge in [-0.1, -0.05) is 6.08 Å². The van der Waals surface area contributed by atoms with E-state index in [0.717, 1.165) is 0 Å². The summed E-state index contributed by atoms with van der Waals surface area (Å²) >= 11 is 0. The van der Waals surface area contributed by atoms with Gasteiger partial charge in [0.1, 0.15) is 11.3 Å². The third kappa shape index (κ3) is 2.60. The Morgan fingerprint density at radius 2 is 2.00 bits per heavy atom. The minimum absolute atomic E-state index is 0.182. The molecule has 22 heavy (non-hydrogen) atoms. The van der Waals surface area contributed by atoms with Crippen LogP contribution in [0.5, 0.6) is 17.2 Å². The highest BCUT2D eigenvalue weighted by atomic mass is 16.5. The summed E-state index contributed by atoms with van der Waals surface area (Å²) in [4.78, 5) is 26.6. The van der Waals surface area contributed by atoms with Crippen molar-refractivity contribution < 1.29 is 19.4 Å². The van der Waals surface area contributed by atoms with Crippen molar-refractivity contribution in [1.29, 1.82) is 0 Å². The van der Waals surface area contributed by atoms with E-state index in [1.807, 2.05) is 0 Å². The Balaban J connectivity index is 2.68. The molecule has 0 aliphatic heterocycles. The highest BCUT2D eigenvalue weighted by Gasteiger charge is 2.20.